The van der Waals surface area contributed by atoms with Crippen molar-refractivity contribution in [2.75, 3.05) is 13.1 Å². The van der Waals surface area contributed by atoms with Crippen LogP contribution in [0.4, 0.5) is 0 Å². The lowest BCUT2D eigenvalue weighted by atomic mass is 9.97. The Morgan fingerprint density at radius 2 is 2.47 bits per heavy atom. The summed E-state index contributed by atoms with van der Waals surface area (Å²) < 4.78 is 0. The number of nitrogens with one attached hydrogen (secondary N) is 3. The molecule has 17 heavy (non-hydrogen) atoms. The summed E-state index contributed by atoms with van der Waals surface area (Å²) in [4.78, 5) is 19.4. The highest BCUT2D eigenvalue weighted by molar-refractivity contribution is 5.79. The molecule has 0 bridgehead atoms. The van der Waals surface area contributed by atoms with Crippen molar-refractivity contribution in [2.24, 2.45) is 11.8 Å². The number of hydrogen-bond donors (Lipinski definition) is 3. The Labute approximate surface area is 101 Å². The second-order valence-corrected chi connectivity index (χ2v) is 4.69. The number of imidazole rings is 1. The smallest absolute Gasteiger partial charge is 0.225 e. The third kappa shape index (κ3) is 2.66. The number of aromatic amines is 1. The summed E-state index contributed by atoms with van der Waals surface area (Å²) >= 11 is 0. The van der Waals surface area contributed by atoms with Crippen LogP contribution in [0, 0.1) is 11.8 Å². The molecule has 3 atom stereocenters. The lowest BCUT2D eigenvalue weighted by Gasteiger charge is -2.19. The first-order chi connectivity index (χ1) is 8.22. The number of rotatable bonds is 4. The molecule has 2 heterocycles. The minimum atomic E-state index is -0.00898. The minimum Gasteiger partial charge on any atom is -0.347 e. The summed E-state index contributed by atoms with van der Waals surface area (Å²) in [5.74, 6) is 1.45. The number of nitrogens with zero attached hydrogens (tertiary/aromatic N) is 1. The maximum absolute atomic E-state index is 12.1. The van der Waals surface area contributed by atoms with Gasteiger partial charge in [-0.15, -0.1) is 0 Å². The lowest BCUT2D eigenvalue weighted by molar-refractivity contribution is -0.126. The van der Waals surface area contributed by atoms with Crippen LogP contribution < -0.4 is 10.6 Å². The Bertz CT molecular complexity index is 363. The molecule has 0 aromatic carbocycles. The fraction of sp³-hybridized carbons (Fsp3) is 0.667. The summed E-state index contributed by atoms with van der Waals surface area (Å²) in [5, 5.41) is 6.31. The van der Waals surface area contributed by atoms with Crippen molar-refractivity contribution in [3.8, 4) is 0 Å². The van der Waals surface area contributed by atoms with Gasteiger partial charge in [0, 0.05) is 18.9 Å². The van der Waals surface area contributed by atoms with Crippen molar-refractivity contribution in [3.63, 3.8) is 0 Å². The molecule has 0 saturated carbocycles. The van der Waals surface area contributed by atoms with Gasteiger partial charge in [0.15, 0.2) is 0 Å². The predicted octanol–water partition coefficient (Wildman–Crippen LogP) is 0.832. The predicted molar refractivity (Wildman–Crippen MR) is 65.3 cm³/mol. The maximum atomic E-state index is 12.1. The SMILES string of the molecule is CCC(NC(=O)[C@@H]1CNC[C@H]1C)c1ncc[nH]1. The van der Waals surface area contributed by atoms with E-state index in [2.05, 4.69) is 27.5 Å². The molecule has 0 spiro atoms. The van der Waals surface area contributed by atoms with Crippen LogP contribution in [0.25, 0.3) is 0 Å². The first-order valence-electron chi connectivity index (χ1n) is 6.22. The molecule has 1 saturated heterocycles. The first kappa shape index (κ1) is 12.1. The molecule has 1 aliphatic heterocycles. The highest BCUT2D eigenvalue weighted by Gasteiger charge is 2.30. The molecule has 2 rings (SSSR count). The fourth-order valence-electron chi connectivity index (χ4n) is 2.27. The van der Waals surface area contributed by atoms with Crippen molar-refractivity contribution in [2.45, 2.75) is 26.3 Å². The Kier molecular flexibility index (Phi) is 3.78. The van der Waals surface area contributed by atoms with Gasteiger partial charge in [-0.3, -0.25) is 4.79 Å². The van der Waals surface area contributed by atoms with Crippen LogP contribution in [-0.4, -0.2) is 29.0 Å². The third-order valence-corrected chi connectivity index (χ3v) is 3.43. The van der Waals surface area contributed by atoms with Gasteiger partial charge >= 0.3 is 0 Å². The number of hydrogen-bond acceptors (Lipinski definition) is 3. The molecule has 0 aliphatic carbocycles. The summed E-state index contributed by atoms with van der Waals surface area (Å²) in [5.41, 5.74) is 0. The van der Waals surface area contributed by atoms with Crippen LogP contribution in [0.2, 0.25) is 0 Å². The second-order valence-electron chi connectivity index (χ2n) is 4.69. The van der Waals surface area contributed by atoms with Gasteiger partial charge in [0.05, 0.1) is 12.0 Å². The summed E-state index contributed by atoms with van der Waals surface area (Å²) in [6, 6.07) is -0.00898. The Morgan fingerprint density at radius 1 is 1.65 bits per heavy atom. The standard InChI is InChI=1S/C12H20N4O/c1-3-10(11-14-4-5-15-11)16-12(17)9-7-13-6-8(9)2/h4-5,8-10,13H,3,6-7H2,1-2H3,(H,14,15)(H,16,17)/t8-,9-,10?/m1/s1. The summed E-state index contributed by atoms with van der Waals surface area (Å²) in [6.07, 6.45) is 4.33. The average Bonchev–Trinajstić information content (AvgIpc) is 2.96. The molecule has 0 radical (unpaired) electrons. The van der Waals surface area contributed by atoms with E-state index in [9.17, 15) is 4.79 Å². The van der Waals surface area contributed by atoms with Crippen LogP contribution in [0.3, 0.4) is 0 Å². The van der Waals surface area contributed by atoms with Crippen LogP contribution in [0.1, 0.15) is 32.1 Å². The van der Waals surface area contributed by atoms with Gasteiger partial charge in [-0.25, -0.2) is 4.98 Å². The largest absolute Gasteiger partial charge is 0.347 e. The van der Waals surface area contributed by atoms with Crippen LogP contribution >= 0.6 is 0 Å². The number of aromatic nitrogens is 2. The molecule has 5 heteroatoms. The van der Waals surface area contributed by atoms with Gasteiger partial charge in [0.2, 0.25) is 5.91 Å². The lowest BCUT2D eigenvalue weighted by Crippen LogP contribution is -2.37. The van der Waals surface area contributed by atoms with Crippen molar-refractivity contribution in [1.82, 2.24) is 20.6 Å². The van der Waals surface area contributed by atoms with Crippen LogP contribution in [0.5, 0.6) is 0 Å². The molecule has 1 aliphatic rings. The zero-order valence-electron chi connectivity index (χ0n) is 10.4. The Morgan fingerprint density at radius 3 is 3.00 bits per heavy atom. The third-order valence-electron chi connectivity index (χ3n) is 3.43. The van der Waals surface area contributed by atoms with E-state index >= 15 is 0 Å². The van der Waals surface area contributed by atoms with Crippen molar-refractivity contribution in [3.05, 3.63) is 18.2 Å². The van der Waals surface area contributed by atoms with E-state index in [1.165, 1.54) is 0 Å². The van der Waals surface area contributed by atoms with E-state index in [4.69, 9.17) is 0 Å². The Balaban J connectivity index is 1.97. The van der Waals surface area contributed by atoms with E-state index in [1.54, 1.807) is 12.4 Å². The number of carbonyl (C=O) groups is 1. The second kappa shape index (κ2) is 5.31. The monoisotopic (exact) mass is 236 g/mol. The quantitative estimate of drug-likeness (QED) is 0.725. The molecule has 1 unspecified atom stereocenters. The molecule has 3 N–H and O–H groups in total. The van der Waals surface area contributed by atoms with E-state index in [0.717, 1.165) is 25.3 Å². The van der Waals surface area contributed by atoms with Crippen LogP contribution in [0.15, 0.2) is 12.4 Å². The van der Waals surface area contributed by atoms with Gasteiger partial charge < -0.3 is 15.6 Å². The van der Waals surface area contributed by atoms with E-state index < -0.39 is 0 Å². The molecular weight excluding hydrogens is 216 g/mol. The highest BCUT2D eigenvalue weighted by Crippen LogP contribution is 2.18. The van der Waals surface area contributed by atoms with Gasteiger partial charge in [-0.05, 0) is 18.9 Å². The van der Waals surface area contributed by atoms with Crippen molar-refractivity contribution < 1.29 is 4.79 Å². The maximum Gasteiger partial charge on any atom is 0.225 e. The number of carbonyl (C=O) groups excluding carboxylic acids is 1. The van der Waals surface area contributed by atoms with Crippen molar-refractivity contribution >= 4 is 5.91 Å². The zero-order valence-corrected chi connectivity index (χ0v) is 10.4. The molecule has 1 fully saturated rings. The molecule has 94 valence electrons. The molecule has 5 nitrogen and oxygen atoms in total. The fourth-order valence-corrected chi connectivity index (χ4v) is 2.27. The van der Waals surface area contributed by atoms with Gasteiger partial charge in [-0.1, -0.05) is 13.8 Å². The molecular formula is C12H20N4O. The van der Waals surface area contributed by atoms with E-state index in [-0.39, 0.29) is 17.9 Å². The first-order valence-corrected chi connectivity index (χ1v) is 6.22. The molecule has 1 aromatic heterocycles. The number of amides is 1. The van der Waals surface area contributed by atoms with Gasteiger partial charge in [-0.2, -0.15) is 0 Å². The van der Waals surface area contributed by atoms with Crippen molar-refractivity contribution in [1.29, 1.82) is 0 Å². The average molecular weight is 236 g/mol. The number of H-pyrrole nitrogens is 1. The normalized spacial score (nSPS) is 25.8. The van der Waals surface area contributed by atoms with Crippen LogP contribution in [-0.2, 0) is 4.79 Å². The van der Waals surface area contributed by atoms with Gasteiger partial charge in [0.25, 0.3) is 0 Å². The molecule has 1 aromatic rings. The highest BCUT2D eigenvalue weighted by atomic mass is 16.2. The Hall–Kier alpha value is -1.36. The van der Waals surface area contributed by atoms with Gasteiger partial charge in [0.1, 0.15) is 5.82 Å². The summed E-state index contributed by atoms with van der Waals surface area (Å²) in [7, 11) is 0. The summed E-state index contributed by atoms with van der Waals surface area (Å²) in [6.45, 7) is 5.86. The topological polar surface area (TPSA) is 69.8 Å². The minimum absolute atomic E-state index is 0.00898. The molecule has 1 amide bonds. The zero-order chi connectivity index (χ0) is 12.3. The van der Waals surface area contributed by atoms with E-state index in [1.807, 2.05) is 6.92 Å². The van der Waals surface area contributed by atoms with E-state index in [0.29, 0.717) is 5.92 Å².